The average Bonchev–Trinajstić information content (AvgIpc) is 3.38. The maximum Gasteiger partial charge on any atom is 0.224 e. The predicted octanol–water partition coefficient (Wildman–Crippen LogP) is 3.38. The van der Waals surface area contributed by atoms with Crippen LogP contribution >= 0.6 is 0 Å². The van der Waals surface area contributed by atoms with Gasteiger partial charge in [0.25, 0.3) is 0 Å². The van der Waals surface area contributed by atoms with Crippen molar-refractivity contribution >= 4 is 58.5 Å². The lowest BCUT2D eigenvalue weighted by molar-refractivity contribution is -0.137. The number of benzene rings is 1. The van der Waals surface area contributed by atoms with Gasteiger partial charge in [-0.2, -0.15) is 0 Å². The number of hydrogen-bond donors (Lipinski definition) is 10. The first-order chi connectivity index (χ1) is 37.5. The molecule has 79 heavy (non-hydrogen) atoms. The molecule has 0 unspecified atom stereocenters. The van der Waals surface area contributed by atoms with Crippen molar-refractivity contribution in [3.63, 3.8) is 0 Å². The van der Waals surface area contributed by atoms with E-state index in [9.17, 15) is 47.9 Å². The van der Waals surface area contributed by atoms with Crippen LogP contribution in [0.4, 0.5) is 0 Å². The summed E-state index contributed by atoms with van der Waals surface area (Å²) in [5.74, 6) is -9.66. The fourth-order valence-electron chi connectivity index (χ4n) is 9.85. The number of nitrogens with two attached hydrogens (primary N) is 6. The highest BCUT2D eigenvalue weighted by atomic mass is 16.2. The summed E-state index contributed by atoms with van der Waals surface area (Å²) in [6, 6.07) is 4.67. The lowest BCUT2D eigenvalue weighted by Gasteiger charge is -2.28. The van der Waals surface area contributed by atoms with E-state index in [1.807, 2.05) is 27.7 Å². The van der Waals surface area contributed by atoms with E-state index in [-0.39, 0.29) is 146 Å². The topological polar surface area (TPSA) is 375 Å². The van der Waals surface area contributed by atoms with E-state index in [0.717, 1.165) is 32.1 Å². The molecule has 0 bridgehead atoms. The summed E-state index contributed by atoms with van der Waals surface area (Å²) in [6.45, 7) is 13.6. The Morgan fingerprint density at radius 1 is 0.443 bits per heavy atom. The fourth-order valence-corrected chi connectivity index (χ4v) is 9.85. The first kappa shape index (κ1) is 71.7. The van der Waals surface area contributed by atoms with Crippen molar-refractivity contribution in [1.29, 1.82) is 0 Å². The Labute approximate surface area is 471 Å². The molecule has 5 amide bonds. The van der Waals surface area contributed by atoms with Gasteiger partial charge in [-0.1, -0.05) is 104 Å². The van der Waals surface area contributed by atoms with Crippen LogP contribution < -0.4 is 55.7 Å². The van der Waals surface area contributed by atoms with Gasteiger partial charge in [-0.25, -0.2) is 0 Å². The zero-order valence-electron chi connectivity index (χ0n) is 48.8. The van der Waals surface area contributed by atoms with Crippen LogP contribution in [0.5, 0.6) is 0 Å². The van der Waals surface area contributed by atoms with Gasteiger partial charge in [0.1, 0.15) is 5.78 Å². The maximum atomic E-state index is 14.6. The van der Waals surface area contributed by atoms with Gasteiger partial charge in [0.15, 0.2) is 23.1 Å². The van der Waals surface area contributed by atoms with E-state index in [0.29, 0.717) is 12.0 Å². The molecule has 0 aliphatic carbocycles. The molecule has 0 fully saturated rings. The molecular weight excluding hydrogens is 1010 g/mol. The number of carbonyl (C=O) groups excluding carboxylic acids is 10. The molecule has 0 aliphatic rings. The third-order valence-corrected chi connectivity index (χ3v) is 14.5. The van der Waals surface area contributed by atoms with Gasteiger partial charge in [-0.05, 0) is 114 Å². The van der Waals surface area contributed by atoms with Crippen LogP contribution in [-0.2, 0) is 54.4 Å². The minimum Gasteiger partial charge on any atom is -0.369 e. The Morgan fingerprint density at radius 3 is 1.35 bits per heavy atom. The highest BCUT2D eigenvalue weighted by Gasteiger charge is 2.37. The van der Waals surface area contributed by atoms with Crippen molar-refractivity contribution in [3.8, 4) is 0 Å². The Balaban J connectivity index is 3.42. The molecule has 1 aromatic rings. The fraction of sp³-hybridized carbons (Fsp3) is 0.729. The summed E-state index contributed by atoms with van der Waals surface area (Å²) < 4.78 is 0. The second-order valence-electron chi connectivity index (χ2n) is 22.7. The Hall–Kier alpha value is -5.28. The largest absolute Gasteiger partial charge is 0.369 e. The number of hydrogen-bond acceptors (Lipinski definition) is 15. The molecule has 0 aromatic heterocycles. The highest BCUT2D eigenvalue weighted by molar-refractivity contribution is 5.98. The quantitative estimate of drug-likeness (QED) is 0.0419. The number of carbonyl (C=O) groups is 10. The van der Waals surface area contributed by atoms with Crippen molar-refractivity contribution in [2.24, 2.45) is 81.7 Å². The summed E-state index contributed by atoms with van der Waals surface area (Å²) in [5.41, 5.74) is 35.7. The summed E-state index contributed by atoms with van der Waals surface area (Å²) in [7, 11) is 0. The molecule has 9 atom stereocenters. The van der Waals surface area contributed by atoms with Gasteiger partial charge >= 0.3 is 0 Å². The summed E-state index contributed by atoms with van der Waals surface area (Å²) in [6.07, 6.45) is 5.20. The highest BCUT2D eigenvalue weighted by Crippen LogP contribution is 2.24. The molecule has 20 heteroatoms. The number of primary amides is 1. The van der Waals surface area contributed by atoms with E-state index in [1.165, 1.54) is 0 Å². The Kier molecular flexibility index (Phi) is 36.3. The molecule has 1 aromatic carbocycles. The molecule has 0 spiro atoms. The van der Waals surface area contributed by atoms with Crippen molar-refractivity contribution in [3.05, 3.63) is 35.9 Å². The summed E-state index contributed by atoms with van der Waals surface area (Å²) in [5, 5.41) is 11.3. The lowest BCUT2D eigenvalue weighted by atomic mass is 9.85. The van der Waals surface area contributed by atoms with Crippen LogP contribution in [0.1, 0.15) is 170 Å². The van der Waals surface area contributed by atoms with E-state index in [1.54, 1.807) is 44.2 Å². The summed E-state index contributed by atoms with van der Waals surface area (Å²) >= 11 is 0. The molecular formula is C59H102N10O10. The average molecular weight is 1110 g/mol. The summed E-state index contributed by atoms with van der Waals surface area (Å²) in [4.78, 5) is 138. The van der Waals surface area contributed by atoms with Crippen LogP contribution in [0.25, 0.3) is 0 Å². The van der Waals surface area contributed by atoms with Crippen molar-refractivity contribution < 1.29 is 47.9 Å². The van der Waals surface area contributed by atoms with E-state index in [4.69, 9.17) is 34.4 Å². The molecule has 0 heterocycles. The number of amides is 5. The van der Waals surface area contributed by atoms with E-state index in [2.05, 4.69) is 28.2 Å². The normalized spacial score (nSPS) is 15.0. The van der Waals surface area contributed by atoms with Crippen molar-refractivity contribution in [2.45, 2.75) is 195 Å². The van der Waals surface area contributed by atoms with Gasteiger partial charge in [-0.3, -0.25) is 47.9 Å². The number of Topliss-reactive ketones (excluding diaryl/α,β-unsaturated/α-hetero) is 5. The molecule has 0 radical (unpaired) electrons. The minimum atomic E-state index is -1.16. The first-order valence-electron chi connectivity index (χ1n) is 29.1. The molecule has 1 rings (SSSR count). The number of nitrogens with one attached hydrogen (secondary N) is 4. The van der Waals surface area contributed by atoms with Crippen molar-refractivity contribution in [2.75, 3.05) is 32.7 Å². The zero-order chi connectivity index (χ0) is 59.6. The van der Waals surface area contributed by atoms with Gasteiger partial charge in [0.05, 0.1) is 24.2 Å². The predicted molar refractivity (Wildman–Crippen MR) is 308 cm³/mol. The van der Waals surface area contributed by atoms with Crippen LogP contribution in [0.15, 0.2) is 30.3 Å². The third kappa shape index (κ3) is 28.6. The van der Waals surface area contributed by atoms with Crippen LogP contribution in [0, 0.1) is 47.3 Å². The monoisotopic (exact) mass is 1110 g/mol. The van der Waals surface area contributed by atoms with Crippen LogP contribution in [-0.4, -0.2) is 115 Å². The SMILES string of the molecule is CCCCCCCC(=O)C[C@@H](CCN)C(=O)N[C@H](CCN)C(=O)C[C@@H](CCN)C(=O)N[C@H](Cc1ccccc1)C(=O)C[C@@H](CC(C)C)C(=O)N[C@@H](CCN)C(=O)C[C@@H](C(=O)N[C@@H](CC(C)C)C(=O)C[C@@H](CCN)C(N)=O)C(C)C. The van der Waals surface area contributed by atoms with Gasteiger partial charge in [0.2, 0.25) is 29.5 Å². The molecule has 0 aliphatic heterocycles. The van der Waals surface area contributed by atoms with Crippen LogP contribution in [0.2, 0.25) is 0 Å². The number of ketones is 5. The minimum absolute atomic E-state index is 0.00388. The molecule has 0 saturated carbocycles. The zero-order valence-corrected chi connectivity index (χ0v) is 48.8. The second-order valence-corrected chi connectivity index (χ2v) is 22.7. The van der Waals surface area contributed by atoms with Gasteiger partial charge < -0.3 is 55.7 Å². The maximum absolute atomic E-state index is 14.6. The molecule has 0 saturated heterocycles. The van der Waals surface area contributed by atoms with E-state index < -0.39 is 101 Å². The first-order valence-corrected chi connectivity index (χ1v) is 29.1. The van der Waals surface area contributed by atoms with Crippen LogP contribution in [0.3, 0.4) is 0 Å². The molecule has 20 nitrogen and oxygen atoms in total. The Bertz CT molecular complexity index is 2050. The number of unbranched alkanes of at least 4 members (excludes halogenated alkanes) is 4. The van der Waals surface area contributed by atoms with E-state index >= 15 is 0 Å². The second kappa shape index (κ2) is 40.0. The van der Waals surface area contributed by atoms with Gasteiger partial charge in [-0.15, -0.1) is 0 Å². The standard InChI is InChI=1S/C59H102N10O10/c1-8-9-10-11-15-18-45(70)32-42(20-25-61)56(76)66-47(22-27-63)51(71)34-43(21-26-62)57(77)68-50(31-40-16-13-12-14-17-40)53(73)35-44(29-37(2)3)58(78)67-48(23-28-64)54(74)36-46(39(6)7)59(79)69-49(30-38(4)5)52(72)33-41(19-24-60)55(65)75/h12-14,16-17,37-39,41-44,46-50H,8-11,15,18-36,60-64H2,1-7H3,(H2,65,75)(H,66,76)(H,67,78)(H,68,77)(H,69,79)/t41-,42-,43-,44-,46-,47-,48+,49+,50-/m1/s1. The Morgan fingerprint density at radius 2 is 0.861 bits per heavy atom. The number of rotatable bonds is 46. The smallest absolute Gasteiger partial charge is 0.224 e. The van der Waals surface area contributed by atoms with Gasteiger partial charge in [0, 0.05) is 68.1 Å². The third-order valence-electron chi connectivity index (χ3n) is 14.5. The lowest BCUT2D eigenvalue weighted by Crippen LogP contribution is -2.50. The molecule has 448 valence electrons. The van der Waals surface area contributed by atoms with Crippen molar-refractivity contribution in [1.82, 2.24) is 21.3 Å². The molecule has 16 N–H and O–H groups in total.